The van der Waals surface area contributed by atoms with Gasteiger partial charge in [0.1, 0.15) is 11.5 Å². The zero-order valence-electron chi connectivity index (χ0n) is 17.1. The maximum Gasteiger partial charge on any atom is 0.343 e. The van der Waals surface area contributed by atoms with Gasteiger partial charge in [-0.3, -0.25) is 4.79 Å². The molecule has 0 bridgehead atoms. The Morgan fingerprint density at radius 3 is 2.35 bits per heavy atom. The minimum Gasteiger partial charge on any atom is -0.497 e. The highest BCUT2D eigenvalue weighted by molar-refractivity contribution is 5.95. The van der Waals surface area contributed by atoms with Crippen molar-refractivity contribution in [3.8, 4) is 17.6 Å². The van der Waals surface area contributed by atoms with E-state index in [2.05, 4.69) is 11.4 Å². The van der Waals surface area contributed by atoms with Crippen LogP contribution in [0.3, 0.4) is 0 Å². The van der Waals surface area contributed by atoms with Gasteiger partial charge in [0.25, 0.3) is 0 Å². The molecule has 3 rings (SSSR count). The van der Waals surface area contributed by atoms with Gasteiger partial charge in [-0.05, 0) is 71.8 Å². The summed E-state index contributed by atoms with van der Waals surface area (Å²) in [6, 6.07) is 22.8. The van der Waals surface area contributed by atoms with Crippen molar-refractivity contribution in [3.05, 3.63) is 89.5 Å². The van der Waals surface area contributed by atoms with Crippen LogP contribution in [0.15, 0.2) is 72.8 Å². The molecule has 3 aromatic rings. The number of nitrogens with one attached hydrogen (secondary N) is 1. The summed E-state index contributed by atoms with van der Waals surface area (Å²) >= 11 is 0. The predicted octanol–water partition coefficient (Wildman–Crippen LogP) is 4.94. The summed E-state index contributed by atoms with van der Waals surface area (Å²) in [5, 5.41) is 12.2. The summed E-state index contributed by atoms with van der Waals surface area (Å²) in [5.41, 5.74) is 2.75. The van der Waals surface area contributed by atoms with Crippen LogP contribution in [0.4, 0.5) is 5.69 Å². The van der Waals surface area contributed by atoms with Gasteiger partial charge in [0.2, 0.25) is 5.91 Å². The summed E-state index contributed by atoms with van der Waals surface area (Å²) < 4.78 is 10.6. The molecular formula is C25H20N2O4. The number of methoxy groups -OCH3 is 1. The van der Waals surface area contributed by atoms with E-state index < -0.39 is 5.97 Å². The molecule has 0 unspecified atom stereocenters. The number of ether oxygens (including phenoxy) is 2. The SMILES string of the molecule is COc1ccc(/C(C#N)=C\c2cccc(OC(=O)c3cccc(NC(C)=O)c3)c2)cc1. The van der Waals surface area contributed by atoms with Crippen molar-refractivity contribution in [3.63, 3.8) is 0 Å². The van der Waals surface area contributed by atoms with Crippen molar-refractivity contribution in [1.82, 2.24) is 0 Å². The van der Waals surface area contributed by atoms with E-state index in [0.29, 0.717) is 33.9 Å². The maximum atomic E-state index is 12.5. The first-order chi connectivity index (χ1) is 15.0. The van der Waals surface area contributed by atoms with Crippen LogP contribution in [-0.2, 0) is 4.79 Å². The molecule has 154 valence electrons. The van der Waals surface area contributed by atoms with Gasteiger partial charge >= 0.3 is 5.97 Å². The van der Waals surface area contributed by atoms with Crippen LogP contribution in [0.5, 0.6) is 11.5 Å². The second-order valence-electron chi connectivity index (χ2n) is 6.62. The van der Waals surface area contributed by atoms with Gasteiger partial charge in [-0.25, -0.2) is 4.79 Å². The quantitative estimate of drug-likeness (QED) is 0.268. The number of allylic oxidation sites excluding steroid dienone is 1. The number of nitriles is 1. The number of carbonyl (C=O) groups is 2. The van der Waals surface area contributed by atoms with E-state index in [1.165, 1.54) is 6.92 Å². The average Bonchev–Trinajstić information content (AvgIpc) is 2.77. The van der Waals surface area contributed by atoms with Gasteiger partial charge in [-0.15, -0.1) is 0 Å². The highest BCUT2D eigenvalue weighted by atomic mass is 16.5. The maximum absolute atomic E-state index is 12.5. The van der Waals surface area contributed by atoms with Crippen LogP contribution >= 0.6 is 0 Å². The number of amides is 1. The Kier molecular flexibility index (Phi) is 6.82. The number of esters is 1. The van der Waals surface area contributed by atoms with Crippen molar-refractivity contribution < 1.29 is 19.1 Å². The Labute approximate surface area is 180 Å². The van der Waals surface area contributed by atoms with Crippen LogP contribution < -0.4 is 14.8 Å². The van der Waals surface area contributed by atoms with Crippen molar-refractivity contribution in [1.29, 1.82) is 5.26 Å². The van der Waals surface area contributed by atoms with E-state index in [1.807, 2.05) is 6.07 Å². The molecule has 0 aromatic heterocycles. The molecule has 0 aliphatic heterocycles. The molecule has 0 aliphatic carbocycles. The molecule has 0 fully saturated rings. The van der Waals surface area contributed by atoms with Gasteiger partial charge in [0.15, 0.2) is 0 Å². The number of benzene rings is 3. The zero-order chi connectivity index (χ0) is 22.2. The van der Waals surface area contributed by atoms with E-state index in [9.17, 15) is 14.9 Å². The topological polar surface area (TPSA) is 88.4 Å². The van der Waals surface area contributed by atoms with Crippen molar-refractivity contribution in [2.75, 3.05) is 12.4 Å². The normalized spacial score (nSPS) is 10.7. The molecule has 0 saturated carbocycles. The average molecular weight is 412 g/mol. The Bertz CT molecular complexity index is 1170. The number of carbonyl (C=O) groups excluding carboxylic acids is 2. The fraction of sp³-hybridized carbons (Fsp3) is 0.0800. The monoisotopic (exact) mass is 412 g/mol. The highest BCUT2D eigenvalue weighted by Gasteiger charge is 2.10. The van der Waals surface area contributed by atoms with E-state index >= 15 is 0 Å². The molecule has 6 nitrogen and oxygen atoms in total. The lowest BCUT2D eigenvalue weighted by molar-refractivity contribution is -0.114. The summed E-state index contributed by atoms with van der Waals surface area (Å²) in [6.45, 7) is 1.39. The molecule has 0 spiro atoms. The van der Waals surface area contributed by atoms with E-state index in [-0.39, 0.29) is 5.91 Å². The lowest BCUT2D eigenvalue weighted by atomic mass is 10.0. The van der Waals surface area contributed by atoms with Gasteiger partial charge < -0.3 is 14.8 Å². The van der Waals surface area contributed by atoms with E-state index in [0.717, 1.165) is 5.56 Å². The molecule has 31 heavy (non-hydrogen) atoms. The first-order valence-corrected chi connectivity index (χ1v) is 9.44. The third-order valence-corrected chi connectivity index (χ3v) is 4.32. The molecule has 0 radical (unpaired) electrons. The molecule has 1 amide bonds. The Balaban J connectivity index is 1.79. The molecule has 0 heterocycles. The standard InChI is InChI=1S/C25H20N2O4/c1-17(28)27-22-7-4-6-20(15-22)25(29)31-24-8-3-5-18(14-24)13-21(16-26)19-9-11-23(30-2)12-10-19/h3-15H,1-2H3,(H,27,28)/b21-13-. The molecule has 0 atom stereocenters. The lowest BCUT2D eigenvalue weighted by Crippen LogP contribution is -2.10. The Morgan fingerprint density at radius 1 is 0.935 bits per heavy atom. The van der Waals surface area contributed by atoms with Gasteiger partial charge in [-0.2, -0.15) is 5.26 Å². The summed E-state index contributed by atoms with van der Waals surface area (Å²) in [5.74, 6) is 0.271. The van der Waals surface area contributed by atoms with E-state index in [1.54, 1.807) is 79.9 Å². The van der Waals surface area contributed by atoms with Crippen molar-refractivity contribution >= 4 is 29.2 Å². The van der Waals surface area contributed by atoms with Crippen LogP contribution in [0.1, 0.15) is 28.4 Å². The van der Waals surface area contributed by atoms with E-state index in [4.69, 9.17) is 9.47 Å². The third-order valence-electron chi connectivity index (χ3n) is 4.32. The minimum atomic E-state index is -0.552. The zero-order valence-corrected chi connectivity index (χ0v) is 17.1. The number of nitrogens with zero attached hydrogens (tertiary/aromatic N) is 1. The minimum absolute atomic E-state index is 0.227. The summed E-state index contributed by atoms with van der Waals surface area (Å²) in [4.78, 5) is 23.7. The predicted molar refractivity (Wildman–Crippen MR) is 119 cm³/mol. The summed E-state index contributed by atoms with van der Waals surface area (Å²) in [6.07, 6.45) is 1.72. The van der Waals surface area contributed by atoms with Crippen molar-refractivity contribution in [2.24, 2.45) is 0 Å². The second kappa shape index (κ2) is 9.90. The number of rotatable bonds is 6. The fourth-order valence-corrected chi connectivity index (χ4v) is 2.88. The largest absolute Gasteiger partial charge is 0.497 e. The first-order valence-electron chi connectivity index (χ1n) is 9.44. The number of anilines is 1. The number of hydrogen-bond donors (Lipinski definition) is 1. The highest BCUT2D eigenvalue weighted by Crippen LogP contribution is 2.23. The number of hydrogen-bond acceptors (Lipinski definition) is 5. The van der Waals surface area contributed by atoms with Crippen molar-refractivity contribution in [2.45, 2.75) is 6.92 Å². The molecule has 0 aliphatic rings. The molecule has 6 heteroatoms. The Morgan fingerprint density at radius 2 is 1.68 bits per heavy atom. The summed E-state index contributed by atoms with van der Waals surface area (Å²) in [7, 11) is 1.58. The molecule has 3 aromatic carbocycles. The van der Waals surface area contributed by atoms with Gasteiger partial charge in [-0.1, -0.05) is 18.2 Å². The smallest absolute Gasteiger partial charge is 0.343 e. The Hall–Kier alpha value is -4.37. The fourth-order valence-electron chi connectivity index (χ4n) is 2.88. The molecule has 0 saturated heterocycles. The first kappa shape index (κ1) is 21.3. The molecular weight excluding hydrogens is 392 g/mol. The van der Waals surface area contributed by atoms with Gasteiger partial charge in [0.05, 0.1) is 24.3 Å². The van der Waals surface area contributed by atoms with Crippen LogP contribution in [0.25, 0.3) is 11.6 Å². The molecule has 1 N–H and O–H groups in total. The van der Waals surface area contributed by atoms with Crippen LogP contribution in [-0.4, -0.2) is 19.0 Å². The lowest BCUT2D eigenvalue weighted by Gasteiger charge is -2.08. The third kappa shape index (κ3) is 5.81. The van der Waals surface area contributed by atoms with Gasteiger partial charge in [0, 0.05) is 12.6 Å². The van der Waals surface area contributed by atoms with Crippen LogP contribution in [0.2, 0.25) is 0 Å². The second-order valence-corrected chi connectivity index (χ2v) is 6.62. The van der Waals surface area contributed by atoms with Crippen LogP contribution in [0, 0.1) is 11.3 Å².